The van der Waals surface area contributed by atoms with Gasteiger partial charge in [-0.3, -0.25) is 4.68 Å². The summed E-state index contributed by atoms with van der Waals surface area (Å²) < 4.78 is 1.94. The minimum atomic E-state index is 0.121. The highest BCUT2D eigenvalue weighted by molar-refractivity contribution is 4.93. The summed E-state index contributed by atoms with van der Waals surface area (Å²) in [6, 6.07) is 0.815. The van der Waals surface area contributed by atoms with Gasteiger partial charge >= 0.3 is 0 Å². The standard InChI is InChI=1S/C13H25N5/c1-13(2,3)14-9-11-10-18(16-15-11)8-7-17(4)12-5-6-12/h10,12,14H,5-9H2,1-4H3. The molecule has 18 heavy (non-hydrogen) atoms. The fraction of sp³-hybridized carbons (Fsp3) is 0.846. The van der Waals surface area contributed by atoms with Gasteiger partial charge in [-0.2, -0.15) is 0 Å². The van der Waals surface area contributed by atoms with Crippen molar-refractivity contribution in [2.75, 3.05) is 13.6 Å². The van der Waals surface area contributed by atoms with Crippen LogP contribution in [0.15, 0.2) is 6.20 Å². The highest BCUT2D eigenvalue weighted by Crippen LogP contribution is 2.24. The molecule has 0 aliphatic heterocycles. The van der Waals surface area contributed by atoms with E-state index in [0.717, 1.165) is 31.4 Å². The Labute approximate surface area is 110 Å². The topological polar surface area (TPSA) is 46.0 Å². The molecular formula is C13H25N5. The molecule has 0 atom stereocenters. The second kappa shape index (κ2) is 5.36. The molecule has 5 nitrogen and oxygen atoms in total. The molecular weight excluding hydrogens is 226 g/mol. The number of nitrogens with one attached hydrogen (secondary N) is 1. The van der Waals surface area contributed by atoms with E-state index in [2.05, 4.69) is 48.3 Å². The molecule has 5 heteroatoms. The van der Waals surface area contributed by atoms with Gasteiger partial charge in [0.2, 0.25) is 0 Å². The van der Waals surface area contributed by atoms with Crippen molar-refractivity contribution in [3.05, 3.63) is 11.9 Å². The highest BCUT2D eigenvalue weighted by Gasteiger charge is 2.25. The van der Waals surface area contributed by atoms with Gasteiger partial charge in [-0.05, 0) is 40.7 Å². The van der Waals surface area contributed by atoms with Gasteiger partial charge < -0.3 is 10.2 Å². The van der Waals surface area contributed by atoms with Crippen molar-refractivity contribution in [2.24, 2.45) is 0 Å². The SMILES string of the molecule is CN(CCn1cc(CNC(C)(C)C)nn1)C1CC1. The number of hydrogen-bond acceptors (Lipinski definition) is 4. The third kappa shape index (κ3) is 4.38. The van der Waals surface area contributed by atoms with E-state index in [0.29, 0.717) is 0 Å². The van der Waals surface area contributed by atoms with Gasteiger partial charge in [0.05, 0.1) is 12.2 Å². The van der Waals surface area contributed by atoms with Crippen molar-refractivity contribution in [1.29, 1.82) is 0 Å². The Balaban J connectivity index is 1.75. The lowest BCUT2D eigenvalue weighted by Crippen LogP contribution is -2.35. The molecule has 1 saturated carbocycles. The van der Waals surface area contributed by atoms with Crippen molar-refractivity contribution in [2.45, 2.75) is 58.3 Å². The zero-order chi connectivity index (χ0) is 13.2. The number of aromatic nitrogens is 3. The molecule has 0 saturated heterocycles. The Morgan fingerprint density at radius 3 is 2.78 bits per heavy atom. The first-order valence-corrected chi connectivity index (χ1v) is 6.78. The Kier molecular flexibility index (Phi) is 4.02. The molecule has 1 heterocycles. The molecule has 1 aliphatic carbocycles. The Morgan fingerprint density at radius 1 is 1.44 bits per heavy atom. The van der Waals surface area contributed by atoms with Crippen LogP contribution in [0.4, 0.5) is 0 Å². The fourth-order valence-corrected chi connectivity index (χ4v) is 1.84. The second-order valence-electron chi connectivity index (χ2n) is 6.29. The van der Waals surface area contributed by atoms with Crippen LogP contribution in [0.2, 0.25) is 0 Å². The van der Waals surface area contributed by atoms with Gasteiger partial charge in [0.1, 0.15) is 0 Å². The largest absolute Gasteiger partial charge is 0.306 e. The summed E-state index contributed by atoms with van der Waals surface area (Å²) in [5, 5.41) is 11.8. The maximum Gasteiger partial charge on any atom is 0.0965 e. The van der Waals surface area contributed by atoms with Gasteiger partial charge in [-0.25, -0.2) is 0 Å². The summed E-state index contributed by atoms with van der Waals surface area (Å²) in [7, 11) is 2.19. The molecule has 0 unspecified atom stereocenters. The predicted octanol–water partition coefficient (Wildman–Crippen LogP) is 1.26. The molecule has 1 aromatic heterocycles. The molecule has 0 aromatic carbocycles. The van der Waals surface area contributed by atoms with Gasteiger partial charge in [0, 0.05) is 30.9 Å². The lowest BCUT2D eigenvalue weighted by Gasteiger charge is -2.19. The van der Waals surface area contributed by atoms with E-state index in [1.165, 1.54) is 12.8 Å². The molecule has 102 valence electrons. The molecule has 0 spiro atoms. The van der Waals surface area contributed by atoms with Crippen LogP contribution < -0.4 is 5.32 Å². The average molecular weight is 251 g/mol. The highest BCUT2D eigenvalue weighted by atomic mass is 15.4. The van der Waals surface area contributed by atoms with Crippen molar-refractivity contribution in [1.82, 2.24) is 25.2 Å². The number of nitrogens with zero attached hydrogens (tertiary/aromatic N) is 4. The third-order valence-electron chi connectivity index (χ3n) is 3.24. The Bertz CT molecular complexity index is 375. The summed E-state index contributed by atoms with van der Waals surface area (Å²) in [4.78, 5) is 2.41. The minimum absolute atomic E-state index is 0.121. The van der Waals surface area contributed by atoms with Crippen molar-refractivity contribution in [3.63, 3.8) is 0 Å². The first-order chi connectivity index (χ1) is 8.44. The second-order valence-corrected chi connectivity index (χ2v) is 6.29. The molecule has 1 fully saturated rings. The first kappa shape index (κ1) is 13.5. The van der Waals surface area contributed by atoms with Gasteiger partial charge in [0.25, 0.3) is 0 Å². The van der Waals surface area contributed by atoms with E-state index in [-0.39, 0.29) is 5.54 Å². The zero-order valence-electron chi connectivity index (χ0n) is 12.0. The molecule has 1 N–H and O–H groups in total. The molecule has 2 rings (SSSR count). The van der Waals surface area contributed by atoms with Gasteiger partial charge in [-0.1, -0.05) is 5.21 Å². The third-order valence-corrected chi connectivity index (χ3v) is 3.24. The summed E-state index contributed by atoms with van der Waals surface area (Å²) in [6.45, 7) is 9.23. The molecule has 0 amide bonds. The van der Waals surface area contributed by atoms with E-state index in [9.17, 15) is 0 Å². The van der Waals surface area contributed by atoms with Gasteiger partial charge in [0.15, 0.2) is 0 Å². The summed E-state index contributed by atoms with van der Waals surface area (Å²) in [5.74, 6) is 0. The smallest absolute Gasteiger partial charge is 0.0965 e. The van der Waals surface area contributed by atoms with E-state index in [1.54, 1.807) is 0 Å². The molecule has 1 aromatic rings. The van der Waals surface area contributed by atoms with Crippen LogP contribution in [-0.2, 0) is 13.1 Å². The van der Waals surface area contributed by atoms with E-state index in [1.807, 2.05) is 10.9 Å². The van der Waals surface area contributed by atoms with Crippen molar-refractivity contribution in [3.8, 4) is 0 Å². The zero-order valence-corrected chi connectivity index (χ0v) is 12.0. The van der Waals surface area contributed by atoms with Crippen LogP contribution in [0, 0.1) is 0 Å². The Hall–Kier alpha value is -0.940. The molecule has 1 aliphatic rings. The van der Waals surface area contributed by atoms with Crippen LogP contribution in [0.1, 0.15) is 39.3 Å². The maximum atomic E-state index is 4.19. The summed E-state index contributed by atoms with van der Waals surface area (Å²) >= 11 is 0. The first-order valence-electron chi connectivity index (χ1n) is 6.78. The van der Waals surface area contributed by atoms with Crippen LogP contribution in [0.5, 0.6) is 0 Å². The van der Waals surface area contributed by atoms with Crippen LogP contribution in [-0.4, -0.2) is 45.1 Å². The molecule has 0 radical (unpaired) electrons. The summed E-state index contributed by atoms with van der Waals surface area (Å²) in [5.41, 5.74) is 1.13. The van der Waals surface area contributed by atoms with E-state index in [4.69, 9.17) is 0 Å². The average Bonchev–Trinajstić information content (AvgIpc) is 3.03. The maximum absolute atomic E-state index is 4.19. The number of likely N-dealkylation sites (N-methyl/N-ethyl adjacent to an activating group) is 1. The van der Waals surface area contributed by atoms with Gasteiger partial charge in [-0.15, -0.1) is 5.10 Å². The quantitative estimate of drug-likeness (QED) is 0.827. The van der Waals surface area contributed by atoms with E-state index < -0.39 is 0 Å². The fourth-order valence-electron chi connectivity index (χ4n) is 1.84. The Morgan fingerprint density at radius 2 is 2.17 bits per heavy atom. The number of hydrogen-bond donors (Lipinski definition) is 1. The van der Waals surface area contributed by atoms with Crippen molar-refractivity contribution >= 4 is 0 Å². The van der Waals surface area contributed by atoms with Crippen LogP contribution in [0.25, 0.3) is 0 Å². The predicted molar refractivity (Wildman–Crippen MR) is 72.3 cm³/mol. The van der Waals surface area contributed by atoms with Crippen LogP contribution in [0.3, 0.4) is 0 Å². The van der Waals surface area contributed by atoms with E-state index >= 15 is 0 Å². The normalized spacial score (nSPS) is 16.5. The van der Waals surface area contributed by atoms with Crippen molar-refractivity contribution < 1.29 is 0 Å². The minimum Gasteiger partial charge on any atom is -0.306 e. The molecule has 0 bridgehead atoms. The lowest BCUT2D eigenvalue weighted by atomic mass is 10.1. The number of rotatable bonds is 6. The monoisotopic (exact) mass is 251 g/mol. The lowest BCUT2D eigenvalue weighted by molar-refractivity contribution is 0.301. The van der Waals surface area contributed by atoms with Crippen LogP contribution >= 0.6 is 0 Å². The summed E-state index contributed by atoms with van der Waals surface area (Å²) in [6.07, 6.45) is 4.75.